The van der Waals surface area contributed by atoms with Crippen LogP contribution < -0.4 is 0 Å². The van der Waals surface area contributed by atoms with E-state index in [4.69, 9.17) is 37.9 Å². The lowest BCUT2D eigenvalue weighted by Gasteiger charge is -2.46. The van der Waals surface area contributed by atoms with Crippen molar-refractivity contribution in [2.24, 2.45) is 23.7 Å². The first-order valence-electron chi connectivity index (χ1n) is 19.7. The van der Waals surface area contributed by atoms with E-state index in [-0.39, 0.29) is 25.2 Å². The quantitative estimate of drug-likeness (QED) is 0.191. The molecule has 57 heavy (non-hydrogen) atoms. The van der Waals surface area contributed by atoms with Gasteiger partial charge in [0.2, 0.25) is 0 Å². The van der Waals surface area contributed by atoms with E-state index < -0.39 is 115 Å². The van der Waals surface area contributed by atoms with Crippen LogP contribution in [-0.4, -0.2) is 153 Å². The van der Waals surface area contributed by atoms with Gasteiger partial charge >= 0.3 is 11.9 Å². The van der Waals surface area contributed by atoms with Crippen LogP contribution in [0.5, 0.6) is 0 Å². The Bertz CT molecular complexity index is 1430. The fraction of sp³-hybridized carbons (Fsp3) is 0.756. The Labute approximate surface area is 336 Å². The van der Waals surface area contributed by atoms with Gasteiger partial charge in [0.15, 0.2) is 24.5 Å². The molecule has 3 aliphatic heterocycles. The maximum Gasteiger partial charge on any atom is 0.334 e. The Hall–Kier alpha value is -3.06. The molecule has 0 bridgehead atoms. The molecule has 3 aliphatic rings. The molecule has 0 aromatic carbocycles. The minimum atomic E-state index is -1.33. The molecule has 16 heteroatoms. The molecule has 0 aliphatic carbocycles. The maximum absolute atomic E-state index is 13.6. The second kappa shape index (κ2) is 22.3. The number of aldehydes is 1. The van der Waals surface area contributed by atoms with Crippen LogP contribution in [-0.2, 0) is 57.1 Å². The van der Waals surface area contributed by atoms with Crippen LogP contribution >= 0.6 is 0 Å². The monoisotopic (exact) mass is 811 g/mol. The zero-order valence-corrected chi connectivity index (χ0v) is 35.1. The number of methoxy groups -OCH3 is 2. The number of carbonyl (C=O) groups is 4. The highest BCUT2D eigenvalue weighted by atomic mass is 16.7. The smallest absolute Gasteiger partial charge is 0.334 e. The van der Waals surface area contributed by atoms with E-state index in [1.807, 2.05) is 13.0 Å². The Balaban J connectivity index is 2.00. The van der Waals surface area contributed by atoms with Gasteiger partial charge in [0, 0.05) is 45.3 Å². The lowest BCUT2D eigenvalue weighted by atomic mass is 9.81. The summed E-state index contributed by atoms with van der Waals surface area (Å²) < 4.78 is 47.5. The lowest BCUT2D eigenvalue weighted by Crippen LogP contribution is -2.63. The number of rotatable bonds is 12. The van der Waals surface area contributed by atoms with Gasteiger partial charge in [0.05, 0.1) is 43.1 Å². The highest BCUT2D eigenvalue weighted by Crippen LogP contribution is 2.35. The number of allylic oxidation sites excluding steroid dienone is 3. The molecule has 0 aromatic rings. The van der Waals surface area contributed by atoms with Crippen molar-refractivity contribution < 1.29 is 72.4 Å². The summed E-state index contributed by atoms with van der Waals surface area (Å²) in [7, 11) is 6.33. The number of aliphatic hydroxyl groups excluding tert-OH is 3. The predicted octanol–water partition coefficient (Wildman–Crippen LogP) is 2.82. The van der Waals surface area contributed by atoms with E-state index in [0.717, 1.165) is 6.08 Å². The van der Waals surface area contributed by atoms with Crippen LogP contribution in [0.1, 0.15) is 67.7 Å². The van der Waals surface area contributed by atoms with Gasteiger partial charge in [-0.15, -0.1) is 0 Å². The molecule has 0 unspecified atom stereocenters. The molecule has 0 aromatic heterocycles. The summed E-state index contributed by atoms with van der Waals surface area (Å²) in [5.41, 5.74) is 0.671. The van der Waals surface area contributed by atoms with Gasteiger partial charge in [0.25, 0.3) is 0 Å². The van der Waals surface area contributed by atoms with Gasteiger partial charge < -0.3 is 62.9 Å². The molecule has 16 nitrogen and oxygen atoms in total. The lowest BCUT2D eigenvalue weighted by molar-refractivity contribution is -0.306. The standard InChI is InChI=1S/C41H65NO15/c1-12-31-28(20-52-41-39(51-11)38(50-10)37(25(6)54-41)55-26(7)44)17-21(2)13-14-29(45)22(3)18-27(15-16-43)36(23(4)30(46)19-32(47)56-31)57-40-35(49)33(42(8)9)34(48)24(5)53-40/h13-14,16-17,19,22-25,27-28,31,33-41,46,48-49H,12,15,18,20H2,1-11H3/b14-13+,21-17+,30-19-/t22-,23+,24+,25-,27+,28-,31-,33-,34+,35+,36-,37-,38-,39-,40-,41-/m1/s1. The van der Waals surface area contributed by atoms with Crippen LogP contribution in [0.15, 0.2) is 35.6 Å². The Morgan fingerprint density at radius 1 is 0.947 bits per heavy atom. The molecule has 324 valence electrons. The van der Waals surface area contributed by atoms with Crippen LogP contribution in [0.3, 0.4) is 0 Å². The molecular formula is C41H65NO15. The van der Waals surface area contributed by atoms with Gasteiger partial charge in [0.1, 0.15) is 36.5 Å². The first kappa shape index (κ1) is 48.3. The fourth-order valence-corrected chi connectivity index (χ4v) is 7.88. The summed E-state index contributed by atoms with van der Waals surface area (Å²) in [5, 5.41) is 33.5. The van der Waals surface area contributed by atoms with Gasteiger partial charge in [-0.05, 0) is 59.7 Å². The summed E-state index contributed by atoms with van der Waals surface area (Å²) in [6.45, 7) is 11.6. The van der Waals surface area contributed by atoms with Crippen LogP contribution in [0.25, 0.3) is 0 Å². The number of hydrogen-bond donors (Lipinski definition) is 3. The molecule has 0 saturated carbocycles. The van der Waals surface area contributed by atoms with E-state index in [0.29, 0.717) is 18.3 Å². The van der Waals surface area contributed by atoms with Crippen molar-refractivity contribution in [2.45, 2.75) is 141 Å². The summed E-state index contributed by atoms with van der Waals surface area (Å²) in [5.74, 6) is -4.78. The Kier molecular flexibility index (Phi) is 18.9. The second-order valence-electron chi connectivity index (χ2n) is 15.6. The van der Waals surface area contributed by atoms with E-state index in [1.165, 1.54) is 27.2 Å². The third-order valence-corrected chi connectivity index (χ3v) is 11.1. The van der Waals surface area contributed by atoms with Crippen molar-refractivity contribution in [3.63, 3.8) is 0 Å². The minimum Gasteiger partial charge on any atom is -0.512 e. The van der Waals surface area contributed by atoms with Gasteiger partial charge in [-0.3, -0.25) is 9.59 Å². The fourth-order valence-electron chi connectivity index (χ4n) is 7.88. The van der Waals surface area contributed by atoms with E-state index in [2.05, 4.69) is 0 Å². The molecule has 0 radical (unpaired) electrons. The molecule has 0 spiro atoms. The molecule has 3 heterocycles. The van der Waals surface area contributed by atoms with Gasteiger partial charge in [-0.2, -0.15) is 0 Å². The first-order chi connectivity index (χ1) is 26.9. The number of ether oxygens (including phenoxy) is 8. The zero-order chi connectivity index (χ0) is 42.7. The third kappa shape index (κ3) is 12.7. The first-order valence-corrected chi connectivity index (χ1v) is 19.7. The number of aliphatic hydroxyl groups is 3. The molecule has 2 saturated heterocycles. The van der Waals surface area contributed by atoms with E-state index in [9.17, 15) is 34.5 Å². The van der Waals surface area contributed by atoms with Crippen molar-refractivity contribution in [2.75, 3.05) is 34.9 Å². The molecule has 16 atom stereocenters. The largest absolute Gasteiger partial charge is 0.512 e. The number of cyclic esters (lactones) is 1. The highest BCUT2D eigenvalue weighted by molar-refractivity contribution is 5.91. The SMILES string of the molecule is CC[C@H]1OC(=O)/C=C(\O)[C@H](C)[C@@H](O[C@H]2O[C@@H](C)[C@H](O)[C@@H](N(C)C)[C@@H]2O)[C@@H](CC=O)C[C@@H](C)C(=O)/C=C/C(C)=C/[C@@H]1CO[C@@H]1O[C@H](C)[C@@H](OC(C)=O)[C@@H](OC)[C@H]1OC. The average Bonchev–Trinajstić information content (AvgIpc) is 3.14. The summed E-state index contributed by atoms with van der Waals surface area (Å²) in [4.78, 5) is 52.6. The van der Waals surface area contributed by atoms with Crippen molar-refractivity contribution in [3.8, 4) is 0 Å². The average molecular weight is 812 g/mol. The van der Waals surface area contributed by atoms with E-state index >= 15 is 0 Å². The van der Waals surface area contributed by atoms with Gasteiger partial charge in [-0.1, -0.05) is 38.5 Å². The van der Waals surface area contributed by atoms with Crippen LogP contribution in [0.4, 0.5) is 0 Å². The van der Waals surface area contributed by atoms with Crippen molar-refractivity contribution in [1.29, 1.82) is 0 Å². The predicted molar refractivity (Wildman–Crippen MR) is 206 cm³/mol. The van der Waals surface area contributed by atoms with Crippen LogP contribution in [0.2, 0.25) is 0 Å². The molecule has 3 N–H and O–H groups in total. The third-order valence-electron chi connectivity index (χ3n) is 11.1. The Morgan fingerprint density at radius 2 is 1.60 bits per heavy atom. The number of hydrogen-bond acceptors (Lipinski definition) is 16. The van der Waals surface area contributed by atoms with E-state index in [1.54, 1.807) is 59.7 Å². The van der Waals surface area contributed by atoms with Crippen molar-refractivity contribution in [1.82, 2.24) is 4.90 Å². The topological polar surface area (TPSA) is 206 Å². The number of ketones is 1. The van der Waals surface area contributed by atoms with Crippen LogP contribution in [0, 0.1) is 23.7 Å². The van der Waals surface area contributed by atoms with Crippen molar-refractivity contribution >= 4 is 24.0 Å². The number of nitrogens with zero attached hydrogens (tertiary/aromatic N) is 1. The maximum atomic E-state index is 13.6. The van der Waals surface area contributed by atoms with Crippen molar-refractivity contribution in [3.05, 3.63) is 35.6 Å². The highest BCUT2D eigenvalue weighted by Gasteiger charge is 2.49. The number of likely N-dealkylation sites (N-methyl/N-ethyl adjacent to an activating group) is 1. The minimum absolute atomic E-state index is 0.0343. The molecule has 3 rings (SSSR count). The summed E-state index contributed by atoms with van der Waals surface area (Å²) in [6.07, 6.45) is -3.06. The normalized spacial score (nSPS) is 41.3. The van der Waals surface area contributed by atoms with Gasteiger partial charge in [-0.25, -0.2) is 4.79 Å². The number of esters is 2. The zero-order valence-electron chi connectivity index (χ0n) is 35.1. The molecular weight excluding hydrogens is 746 g/mol. The summed E-state index contributed by atoms with van der Waals surface area (Å²) in [6, 6.07) is -0.763. The second-order valence-corrected chi connectivity index (χ2v) is 15.6. The Morgan fingerprint density at radius 3 is 2.18 bits per heavy atom. The summed E-state index contributed by atoms with van der Waals surface area (Å²) >= 11 is 0. The molecule has 0 amide bonds. The number of carbonyl (C=O) groups excluding carboxylic acids is 4. The molecule has 2 fully saturated rings.